The molecule has 2 N–H and O–H groups in total. The molecule has 2 aromatic carbocycles. The van der Waals surface area contributed by atoms with Crippen LogP contribution in [0.5, 0.6) is 0 Å². The van der Waals surface area contributed by atoms with Crippen molar-refractivity contribution in [1.29, 1.82) is 0 Å². The third-order valence-corrected chi connectivity index (χ3v) is 6.51. The second kappa shape index (κ2) is 11.1. The van der Waals surface area contributed by atoms with E-state index in [1.807, 2.05) is 64.1 Å². The minimum Gasteiger partial charge on any atom is -0.444 e. The summed E-state index contributed by atoms with van der Waals surface area (Å²) in [5.74, 6) is -0.580. The molecule has 3 rings (SSSR count). The number of amides is 3. The maximum Gasteiger partial charge on any atom is 0.408 e. The van der Waals surface area contributed by atoms with Crippen molar-refractivity contribution in [3.63, 3.8) is 0 Å². The number of nitrogens with zero attached hydrogens (tertiary/aromatic N) is 1. The number of nitrogens with one attached hydrogen (secondary N) is 2. The van der Waals surface area contributed by atoms with Gasteiger partial charge in [-0.25, -0.2) is 4.79 Å². The first kappa shape index (κ1) is 27.2. The molecule has 0 aliphatic heterocycles. The second-order valence-electron chi connectivity index (χ2n) is 10.8. The van der Waals surface area contributed by atoms with Gasteiger partial charge in [0, 0.05) is 11.7 Å². The van der Waals surface area contributed by atoms with Crippen LogP contribution in [0.3, 0.4) is 0 Å². The molecule has 1 fully saturated rings. The first-order valence-corrected chi connectivity index (χ1v) is 12.6. The van der Waals surface area contributed by atoms with Crippen LogP contribution in [0, 0.1) is 27.7 Å². The van der Waals surface area contributed by atoms with Gasteiger partial charge in [0.05, 0.1) is 0 Å². The predicted molar refractivity (Wildman–Crippen MR) is 142 cm³/mol. The minimum absolute atomic E-state index is 0.0765. The van der Waals surface area contributed by atoms with Gasteiger partial charge in [-0.15, -0.1) is 0 Å². The Bertz CT molecular complexity index is 1110. The van der Waals surface area contributed by atoms with Crippen LogP contribution in [-0.2, 0) is 14.3 Å². The molecule has 7 nitrogen and oxygen atoms in total. The van der Waals surface area contributed by atoms with Gasteiger partial charge < -0.3 is 20.3 Å². The highest BCUT2D eigenvalue weighted by Crippen LogP contribution is 2.35. The summed E-state index contributed by atoms with van der Waals surface area (Å²) in [7, 11) is 0. The van der Waals surface area contributed by atoms with Gasteiger partial charge in [-0.1, -0.05) is 42.0 Å². The van der Waals surface area contributed by atoms with Crippen molar-refractivity contribution in [2.45, 2.75) is 85.4 Å². The summed E-state index contributed by atoms with van der Waals surface area (Å²) in [6.07, 6.45) is 1.96. The van der Waals surface area contributed by atoms with Gasteiger partial charge >= 0.3 is 6.09 Å². The number of aryl methyl sites for hydroxylation is 4. The Morgan fingerprint density at radius 3 is 2.17 bits per heavy atom. The van der Waals surface area contributed by atoms with E-state index in [1.165, 1.54) is 0 Å². The van der Waals surface area contributed by atoms with E-state index in [0.717, 1.165) is 52.8 Å². The van der Waals surface area contributed by atoms with E-state index >= 15 is 0 Å². The van der Waals surface area contributed by atoms with Crippen LogP contribution in [0.1, 0.15) is 73.9 Å². The highest BCUT2D eigenvalue weighted by atomic mass is 16.6. The van der Waals surface area contributed by atoms with Gasteiger partial charge in [0.15, 0.2) is 0 Å². The molecule has 0 spiro atoms. The van der Waals surface area contributed by atoms with Crippen LogP contribution in [0.4, 0.5) is 10.5 Å². The van der Waals surface area contributed by atoms with E-state index in [1.54, 1.807) is 25.7 Å². The van der Waals surface area contributed by atoms with Gasteiger partial charge in [0.25, 0.3) is 5.91 Å². The lowest BCUT2D eigenvalue weighted by atomic mass is 9.87. The second-order valence-corrected chi connectivity index (χ2v) is 10.8. The summed E-state index contributed by atoms with van der Waals surface area (Å²) < 4.78 is 5.30. The number of hydrogen-bond acceptors (Lipinski definition) is 4. The lowest BCUT2D eigenvalue weighted by Crippen LogP contribution is -2.53. The van der Waals surface area contributed by atoms with Gasteiger partial charge in [-0.05, 0) is 90.0 Å². The summed E-state index contributed by atoms with van der Waals surface area (Å²) in [6.45, 7) is 12.9. The van der Waals surface area contributed by atoms with Gasteiger partial charge in [-0.2, -0.15) is 0 Å². The SMILES string of the molecule is Cc1ccc(C(C(=O)Nc2c(C)cccc2C)N(C(=O)CNC(=O)OC(C)(C)C)C2CCC2)c(C)c1. The molecule has 0 bridgehead atoms. The Morgan fingerprint density at radius 2 is 1.64 bits per heavy atom. The monoisotopic (exact) mass is 493 g/mol. The smallest absolute Gasteiger partial charge is 0.408 e. The number of rotatable bonds is 7. The van der Waals surface area contributed by atoms with Crippen LogP contribution < -0.4 is 10.6 Å². The fraction of sp³-hybridized carbons (Fsp3) is 0.483. The van der Waals surface area contributed by atoms with Crippen molar-refractivity contribution in [1.82, 2.24) is 10.2 Å². The average Bonchev–Trinajstić information content (AvgIpc) is 2.73. The quantitative estimate of drug-likeness (QED) is 0.533. The van der Waals surface area contributed by atoms with Crippen LogP contribution in [-0.4, -0.2) is 41.0 Å². The molecule has 0 radical (unpaired) electrons. The summed E-state index contributed by atoms with van der Waals surface area (Å²) in [5.41, 5.74) is 4.79. The molecule has 1 aliphatic carbocycles. The molecule has 1 saturated carbocycles. The zero-order valence-electron chi connectivity index (χ0n) is 22.5. The lowest BCUT2D eigenvalue weighted by Gasteiger charge is -2.42. The summed E-state index contributed by atoms with van der Waals surface area (Å²) in [6, 6.07) is 10.9. The largest absolute Gasteiger partial charge is 0.444 e. The van der Waals surface area contributed by atoms with Gasteiger partial charge in [0.2, 0.25) is 5.91 Å². The van der Waals surface area contributed by atoms with E-state index in [2.05, 4.69) is 10.6 Å². The molecular weight excluding hydrogens is 454 g/mol. The van der Waals surface area contributed by atoms with Crippen molar-refractivity contribution < 1.29 is 19.1 Å². The third kappa shape index (κ3) is 6.65. The molecular formula is C29H39N3O4. The number of anilines is 1. The number of carbonyl (C=O) groups is 3. The number of carbonyl (C=O) groups excluding carboxylic acids is 3. The van der Waals surface area contributed by atoms with E-state index in [4.69, 9.17) is 4.74 Å². The fourth-order valence-corrected chi connectivity index (χ4v) is 4.53. The molecule has 7 heteroatoms. The summed E-state index contributed by atoms with van der Waals surface area (Å²) in [4.78, 5) is 41.5. The van der Waals surface area contributed by atoms with Crippen LogP contribution >= 0.6 is 0 Å². The summed E-state index contributed by atoms with van der Waals surface area (Å²) >= 11 is 0. The first-order valence-electron chi connectivity index (χ1n) is 12.6. The topological polar surface area (TPSA) is 87.7 Å². The predicted octanol–water partition coefficient (Wildman–Crippen LogP) is 5.51. The van der Waals surface area contributed by atoms with Crippen LogP contribution in [0.2, 0.25) is 0 Å². The van der Waals surface area contributed by atoms with Crippen molar-refractivity contribution in [3.8, 4) is 0 Å². The fourth-order valence-electron chi connectivity index (χ4n) is 4.53. The highest BCUT2D eigenvalue weighted by molar-refractivity contribution is 5.99. The molecule has 0 saturated heterocycles. The molecule has 36 heavy (non-hydrogen) atoms. The van der Waals surface area contributed by atoms with Crippen molar-refractivity contribution >= 4 is 23.6 Å². The number of alkyl carbamates (subject to hydrolysis) is 1. The molecule has 1 atom stereocenters. The molecule has 0 heterocycles. The van der Waals surface area contributed by atoms with E-state index in [0.29, 0.717) is 0 Å². The van der Waals surface area contributed by atoms with E-state index in [-0.39, 0.29) is 24.4 Å². The van der Waals surface area contributed by atoms with E-state index in [9.17, 15) is 14.4 Å². The van der Waals surface area contributed by atoms with Crippen molar-refractivity contribution in [2.24, 2.45) is 0 Å². The highest BCUT2D eigenvalue weighted by Gasteiger charge is 2.39. The minimum atomic E-state index is -0.831. The van der Waals surface area contributed by atoms with Gasteiger partial charge in [-0.3, -0.25) is 9.59 Å². The molecule has 0 aromatic heterocycles. The average molecular weight is 494 g/mol. The normalized spacial score (nSPS) is 14.4. The van der Waals surface area contributed by atoms with Crippen molar-refractivity contribution in [3.05, 3.63) is 64.2 Å². The number of para-hydroxylation sites is 1. The first-order chi connectivity index (χ1) is 16.9. The zero-order chi connectivity index (χ0) is 26.6. The molecule has 1 unspecified atom stereocenters. The van der Waals surface area contributed by atoms with E-state index < -0.39 is 17.7 Å². The standard InChI is InChI=1S/C29H39N3O4/c1-18-14-15-23(21(4)16-18)26(27(34)31-25-19(2)10-8-11-20(25)3)32(22-12-9-13-22)24(33)17-30-28(35)36-29(5,6)7/h8,10-11,14-16,22,26H,9,12-13,17H2,1-7H3,(H,30,35)(H,31,34). The molecule has 194 valence electrons. The third-order valence-electron chi connectivity index (χ3n) is 6.51. The molecule has 3 amide bonds. The van der Waals surface area contributed by atoms with Crippen molar-refractivity contribution in [2.75, 3.05) is 11.9 Å². The Balaban J connectivity index is 1.97. The zero-order valence-corrected chi connectivity index (χ0v) is 22.5. The maximum atomic E-state index is 14.0. The summed E-state index contributed by atoms with van der Waals surface area (Å²) in [5, 5.41) is 5.68. The molecule has 1 aliphatic rings. The Hall–Kier alpha value is -3.35. The molecule has 2 aromatic rings. The number of benzene rings is 2. The lowest BCUT2D eigenvalue weighted by molar-refractivity contribution is -0.143. The number of hydrogen-bond donors (Lipinski definition) is 2. The Morgan fingerprint density at radius 1 is 1.00 bits per heavy atom. The Kier molecular flexibility index (Phi) is 8.43. The van der Waals surface area contributed by atoms with Crippen LogP contribution in [0.15, 0.2) is 36.4 Å². The van der Waals surface area contributed by atoms with Crippen LogP contribution in [0.25, 0.3) is 0 Å². The number of ether oxygens (including phenoxy) is 1. The maximum absolute atomic E-state index is 14.0. The van der Waals surface area contributed by atoms with Gasteiger partial charge in [0.1, 0.15) is 18.2 Å². The Labute approximate surface area is 214 Å².